The van der Waals surface area contributed by atoms with E-state index in [1.807, 2.05) is 13.1 Å². The van der Waals surface area contributed by atoms with Gasteiger partial charge in [0.15, 0.2) is 0 Å². The van der Waals surface area contributed by atoms with Crippen LogP contribution in [-0.4, -0.2) is 26.5 Å². The first-order valence-electron chi connectivity index (χ1n) is 8.19. The number of amides is 1. The van der Waals surface area contributed by atoms with Crippen molar-refractivity contribution in [2.75, 3.05) is 0 Å². The number of aromatic nitrogens is 3. The zero-order valence-electron chi connectivity index (χ0n) is 13.4. The van der Waals surface area contributed by atoms with Gasteiger partial charge < -0.3 is 14.9 Å². The number of hydrogen-bond donors (Lipinski definition) is 2. The maximum atomic E-state index is 13.5. The summed E-state index contributed by atoms with van der Waals surface area (Å²) in [5, 5.41) is 3.99. The largest absolute Gasteiger partial charge is 0.350 e. The summed E-state index contributed by atoms with van der Waals surface area (Å²) in [5.74, 6) is -0.451. The van der Waals surface area contributed by atoms with E-state index in [1.165, 1.54) is 12.1 Å². The molecule has 0 bridgehead atoms. The van der Waals surface area contributed by atoms with Gasteiger partial charge in [-0.05, 0) is 49.9 Å². The minimum atomic E-state index is -0.301. The van der Waals surface area contributed by atoms with E-state index < -0.39 is 0 Å². The van der Waals surface area contributed by atoms with E-state index in [4.69, 9.17) is 0 Å². The molecule has 1 aromatic carbocycles. The van der Waals surface area contributed by atoms with Crippen molar-refractivity contribution in [3.63, 3.8) is 0 Å². The van der Waals surface area contributed by atoms with Crippen molar-refractivity contribution < 1.29 is 9.18 Å². The summed E-state index contributed by atoms with van der Waals surface area (Å²) in [6.45, 7) is 1.84. The van der Waals surface area contributed by atoms with Crippen LogP contribution in [0.4, 0.5) is 4.39 Å². The SMILES string of the molecule is Cc1cc(F)cc2[nH]c(C(=O)N[C@H]3CCC[C@H]3n3ccnc3)cc12. The molecule has 6 heteroatoms. The molecule has 3 aromatic rings. The van der Waals surface area contributed by atoms with Gasteiger partial charge in [-0.1, -0.05) is 0 Å². The van der Waals surface area contributed by atoms with Crippen LogP contribution in [0.3, 0.4) is 0 Å². The molecule has 1 saturated carbocycles. The van der Waals surface area contributed by atoms with Gasteiger partial charge in [0.1, 0.15) is 11.5 Å². The molecule has 1 amide bonds. The number of aromatic amines is 1. The van der Waals surface area contributed by atoms with Crippen LogP contribution in [0, 0.1) is 12.7 Å². The Kier molecular flexibility index (Phi) is 3.59. The first-order valence-corrected chi connectivity index (χ1v) is 8.19. The molecule has 2 atom stereocenters. The van der Waals surface area contributed by atoms with Gasteiger partial charge in [-0.2, -0.15) is 0 Å². The fourth-order valence-corrected chi connectivity index (χ4v) is 3.67. The molecular weight excluding hydrogens is 307 g/mol. The zero-order chi connectivity index (χ0) is 16.7. The number of carbonyl (C=O) groups excluding carboxylic acids is 1. The number of nitrogens with one attached hydrogen (secondary N) is 2. The quantitative estimate of drug-likeness (QED) is 0.775. The molecule has 0 aliphatic heterocycles. The smallest absolute Gasteiger partial charge is 0.268 e. The van der Waals surface area contributed by atoms with Crippen LogP contribution in [0.2, 0.25) is 0 Å². The van der Waals surface area contributed by atoms with E-state index in [2.05, 4.69) is 19.9 Å². The Balaban J connectivity index is 1.57. The number of H-pyrrole nitrogens is 1. The van der Waals surface area contributed by atoms with Gasteiger partial charge in [0.2, 0.25) is 0 Å². The minimum Gasteiger partial charge on any atom is -0.350 e. The van der Waals surface area contributed by atoms with Gasteiger partial charge in [0, 0.05) is 29.3 Å². The van der Waals surface area contributed by atoms with Crippen LogP contribution >= 0.6 is 0 Å². The number of imidazole rings is 1. The van der Waals surface area contributed by atoms with E-state index >= 15 is 0 Å². The van der Waals surface area contributed by atoms with E-state index in [-0.39, 0.29) is 23.8 Å². The summed E-state index contributed by atoms with van der Waals surface area (Å²) in [6, 6.07) is 5.00. The second-order valence-electron chi connectivity index (χ2n) is 6.46. The van der Waals surface area contributed by atoms with E-state index in [0.717, 1.165) is 30.2 Å². The fraction of sp³-hybridized carbons (Fsp3) is 0.333. The molecule has 0 unspecified atom stereocenters. The molecule has 2 aromatic heterocycles. The normalized spacial score (nSPS) is 20.6. The molecule has 24 heavy (non-hydrogen) atoms. The molecule has 0 spiro atoms. The summed E-state index contributed by atoms with van der Waals surface area (Å²) in [4.78, 5) is 19.7. The average Bonchev–Trinajstić information content (AvgIpc) is 3.26. The van der Waals surface area contributed by atoms with Crippen molar-refractivity contribution in [3.8, 4) is 0 Å². The maximum absolute atomic E-state index is 13.5. The second-order valence-corrected chi connectivity index (χ2v) is 6.46. The Hall–Kier alpha value is -2.63. The lowest BCUT2D eigenvalue weighted by Crippen LogP contribution is -2.38. The predicted molar refractivity (Wildman–Crippen MR) is 89.4 cm³/mol. The van der Waals surface area contributed by atoms with Crippen LogP contribution in [0.5, 0.6) is 0 Å². The van der Waals surface area contributed by atoms with Gasteiger partial charge in [-0.3, -0.25) is 4.79 Å². The highest BCUT2D eigenvalue weighted by atomic mass is 19.1. The third-order valence-electron chi connectivity index (χ3n) is 4.86. The Morgan fingerprint density at radius 1 is 1.38 bits per heavy atom. The molecule has 4 rings (SSSR count). The van der Waals surface area contributed by atoms with Crippen molar-refractivity contribution >= 4 is 16.8 Å². The molecule has 0 radical (unpaired) electrons. The Bertz CT molecular complexity index is 884. The predicted octanol–water partition coefficient (Wildman–Crippen LogP) is 3.34. The Labute approximate surface area is 138 Å². The van der Waals surface area contributed by atoms with Gasteiger partial charge in [-0.25, -0.2) is 9.37 Å². The van der Waals surface area contributed by atoms with Crippen molar-refractivity contribution in [1.29, 1.82) is 0 Å². The summed E-state index contributed by atoms with van der Waals surface area (Å²) in [5.41, 5.74) is 1.93. The third-order valence-corrected chi connectivity index (χ3v) is 4.86. The molecule has 1 aliphatic rings. The van der Waals surface area contributed by atoms with Crippen molar-refractivity contribution in [2.24, 2.45) is 0 Å². The summed E-state index contributed by atoms with van der Waals surface area (Å²) < 4.78 is 15.6. The van der Waals surface area contributed by atoms with Crippen LogP contribution in [0.1, 0.15) is 41.4 Å². The van der Waals surface area contributed by atoms with Crippen molar-refractivity contribution in [3.05, 3.63) is 54.0 Å². The highest BCUT2D eigenvalue weighted by Gasteiger charge is 2.30. The van der Waals surface area contributed by atoms with Crippen LogP contribution in [0.25, 0.3) is 10.9 Å². The summed E-state index contributed by atoms with van der Waals surface area (Å²) in [6.07, 6.45) is 8.53. The topological polar surface area (TPSA) is 62.7 Å². The molecule has 5 nitrogen and oxygen atoms in total. The first kappa shape index (κ1) is 14.9. The molecule has 2 heterocycles. The Morgan fingerprint density at radius 2 is 2.25 bits per heavy atom. The van der Waals surface area contributed by atoms with Gasteiger partial charge >= 0.3 is 0 Å². The van der Waals surface area contributed by atoms with Crippen LogP contribution < -0.4 is 5.32 Å². The lowest BCUT2D eigenvalue weighted by atomic mass is 10.1. The number of halogens is 1. The highest BCUT2D eigenvalue weighted by molar-refractivity contribution is 5.99. The van der Waals surface area contributed by atoms with Gasteiger partial charge in [0.25, 0.3) is 5.91 Å². The lowest BCUT2D eigenvalue weighted by Gasteiger charge is -2.21. The van der Waals surface area contributed by atoms with Gasteiger partial charge in [-0.15, -0.1) is 0 Å². The number of hydrogen-bond acceptors (Lipinski definition) is 2. The number of carbonyl (C=O) groups is 1. The second kappa shape index (κ2) is 5.78. The Morgan fingerprint density at radius 3 is 3.04 bits per heavy atom. The number of benzene rings is 1. The molecule has 1 aliphatic carbocycles. The summed E-state index contributed by atoms with van der Waals surface area (Å²) in [7, 11) is 0. The van der Waals surface area contributed by atoms with E-state index in [9.17, 15) is 9.18 Å². The van der Waals surface area contributed by atoms with Crippen molar-refractivity contribution in [1.82, 2.24) is 19.9 Å². The number of fused-ring (bicyclic) bond motifs is 1. The number of aryl methyl sites for hydroxylation is 1. The number of nitrogens with zero attached hydrogens (tertiary/aromatic N) is 2. The van der Waals surface area contributed by atoms with Gasteiger partial charge in [0.05, 0.1) is 12.4 Å². The van der Waals surface area contributed by atoms with E-state index in [1.54, 1.807) is 18.6 Å². The summed E-state index contributed by atoms with van der Waals surface area (Å²) >= 11 is 0. The first-order chi connectivity index (χ1) is 11.6. The fourth-order valence-electron chi connectivity index (χ4n) is 3.67. The maximum Gasteiger partial charge on any atom is 0.268 e. The molecule has 2 N–H and O–H groups in total. The highest BCUT2D eigenvalue weighted by Crippen LogP contribution is 2.30. The molecule has 124 valence electrons. The van der Waals surface area contributed by atoms with Crippen molar-refractivity contribution in [2.45, 2.75) is 38.3 Å². The number of rotatable bonds is 3. The van der Waals surface area contributed by atoms with Crippen LogP contribution in [-0.2, 0) is 0 Å². The van der Waals surface area contributed by atoms with Crippen LogP contribution in [0.15, 0.2) is 36.9 Å². The molecular formula is C18H19FN4O. The zero-order valence-corrected chi connectivity index (χ0v) is 13.4. The monoisotopic (exact) mass is 326 g/mol. The average molecular weight is 326 g/mol. The van der Waals surface area contributed by atoms with E-state index in [0.29, 0.717) is 11.2 Å². The third kappa shape index (κ3) is 2.58. The standard InChI is InChI=1S/C18H19FN4O/c1-11-7-12(19)8-15-13(11)9-16(21-15)18(24)22-14-3-2-4-17(14)23-6-5-20-10-23/h5-10,14,17,21H,2-4H2,1H3,(H,22,24)/t14-,17+/m0/s1. The minimum absolute atomic E-state index is 0.0796. The lowest BCUT2D eigenvalue weighted by molar-refractivity contribution is 0.0924. The molecule has 0 saturated heterocycles. The molecule has 1 fully saturated rings.